The summed E-state index contributed by atoms with van der Waals surface area (Å²) in [6.45, 7) is -0.596. The number of hydrogen-bond acceptors (Lipinski definition) is 2. The molecular formula is C9H5ClF4S2. The summed E-state index contributed by atoms with van der Waals surface area (Å²) >= 11 is 8.00. The maximum atomic E-state index is 12.5. The highest BCUT2D eigenvalue weighted by molar-refractivity contribution is 8.19. The van der Waals surface area contributed by atoms with Gasteiger partial charge >= 0.3 is 6.18 Å². The molecule has 0 spiro atoms. The zero-order valence-electron chi connectivity index (χ0n) is 7.65. The highest BCUT2D eigenvalue weighted by atomic mass is 35.5. The van der Waals surface area contributed by atoms with Gasteiger partial charge in [0.25, 0.3) is 0 Å². The van der Waals surface area contributed by atoms with Crippen molar-refractivity contribution in [3.05, 3.63) is 22.7 Å². The molecule has 0 nitrogen and oxygen atoms in total. The van der Waals surface area contributed by atoms with Gasteiger partial charge in [-0.2, -0.15) is 13.2 Å². The molecule has 0 saturated carbocycles. The summed E-state index contributed by atoms with van der Waals surface area (Å²) in [4.78, 5) is 0.954. The molecular weight excluding hydrogens is 284 g/mol. The van der Waals surface area contributed by atoms with Gasteiger partial charge in [0.2, 0.25) is 0 Å². The standard InChI is InChI=1S/C9H5ClF4S2/c10-5-1-4(9(12,13)14)2-6-8(5)16-7(3-11)15-6/h1-2,7H,3H2. The lowest BCUT2D eigenvalue weighted by molar-refractivity contribution is -0.137. The lowest BCUT2D eigenvalue weighted by Gasteiger charge is -2.09. The Morgan fingerprint density at radius 2 is 1.94 bits per heavy atom. The molecule has 0 radical (unpaired) electrons. The van der Waals surface area contributed by atoms with Gasteiger partial charge in [-0.25, -0.2) is 4.39 Å². The first-order valence-corrected chi connectivity index (χ1v) is 6.35. The number of hydrogen-bond donors (Lipinski definition) is 0. The Kier molecular flexibility index (Phi) is 3.34. The van der Waals surface area contributed by atoms with E-state index in [0.717, 1.165) is 23.9 Å². The quantitative estimate of drug-likeness (QED) is 0.677. The first-order chi connectivity index (χ1) is 7.41. The Morgan fingerprint density at radius 3 is 2.50 bits per heavy atom. The first kappa shape index (κ1) is 12.4. The van der Waals surface area contributed by atoms with E-state index in [2.05, 4.69) is 0 Å². The number of halogens is 5. The van der Waals surface area contributed by atoms with E-state index in [4.69, 9.17) is 11.6 Å². The van der Waals surface area contributed by atoms with Gasteiger partial charge in [0.15, 0.2) is 0 Å². The van der Waals surface area contributed by atoms with Crippen molar-refractivity contribution in [2.75, 3.05) is 6.67 Å². The van der Waals surface area contributed by atoms with E-state index >= 15 is 0 Å². The topological polar surface area (TPSA) is 0 Å². The average Bonchev–Trinajstić information content (AvgIpc) is 2.59. The second-order valence-electron chi connectivity index (χ2n) is 3.10. The molecule has 1 aliphatic heterocycles. The van der Waals surface area contributed by atoms with Crippen LogP contribution >= 0.6 is 35.1 Å². The third-order valence-electron chi connectivity index (χ3n) is 1.97. The second-order valence-corrected chi connectivity index (χ2v) is 6.27. The minimum Gasteiger partial charge on any atom is -0.249 e. The lowest BCUT2D eigenvalue weighted by atomic mass is 10.2. The highest BCUT2D eigenvalue weighted by Crippen LogP contribution is 2.52. The summed E-state index contributed by atoms with van der Waals surface area (Å²) in [6, 6.07) is 1.91. The zero-order valence-corrected chi connectivity index (χ0v) is 10.0. The minimum atomic E-state index is -4.42. The highest BCUT2D eigenvalue weighted by Gasteiger charge is 2.34. The molecule has 7 heteroatoms. The van der Waals surface area contributed by atoms with E-state index in [9.17, 15) is 17.6 Å². The lowest BCUT2D eigenvalue weighted by Crippen LogP contribution is -2.04. The Labute approximate surface area is 103 Å². The average molecular weight is 289 g/mol. The Bertz CT molecular complexity index is 419. The number of alkyl halides is 4. The molecule has 0 saturated heterocycles. The van der Waals surface area contributed by atoms with Crippen LogP contribution < -0.4 is 0 Å². The summed E-state index contributed by atoms with van der Waals surface area (Å²) in [7, 11) is 0. The molecule has 2 rings (SSSR count). The third-order valence-corrected chi connectivity index (χ3v) is 5.12. The smallest absolute Gasteiger partial charge is 0.249 e. The van der Waals surface area contributed by atoms with E-state index in [-0.39, 0.29) is 5.02 Å². The van der Waals surface area contributed by atoms with Crippen molar-refractivity contribution in [2.24, 2.45) is 0 Å². The minimum absolute atomic E-state index is 0.0401. The molecule has 0 aromatic heterocycles. The molecule has 0 amide bonds. The van der Waals surface area contributed by atoms with Gasteiger partial charge in [0.05, 0.1) is 15.2 Å². The van der Waals surface area contributed by atoms with Crippen molar-refractivity contribution < 1.29 is 17.6 Å². The summed E-state index contributed by atoms with van der Waals surface area (Å²) in [5, 5.41) is 0.0401. The number of benzene rings is 1. The maximum Gasteiger partial charge on any atom is 0.416 e. The normalized spacial score (nSPS) is 19.9. The maximum absolute atomic E-state index is 12.5. The van der Waals surface area contributed by atoms with Gasteiger partial charge in [-0.1, -0.05) is 11.6 Å². The van der Waals surface area contributed by atoms with Crippen LogP contribution in [0.25, 0.3) is 0 Å². The van der Waals surface area contributed by atoms with Crippen LogP contribution in [0.1, 0.15) is 5.56 Å². The van der Waals surface area contributed by atoms with E-state index in [1.807, 2.05) is 0 Å². The first-order valence-electron chi connectivity index (χ1n) is 4.22. The van der Waals surface area contributed by atoms with Crippen LogP contribution in [0.2, 0.25) is 5.02 Å². The Balaban J connectivity index is 2.42. The molecule has 0 fully saturated rings. The number of fused-ring (bicyclic) bond motifs is 1. The van der Waals surface area contributed by atoms with Crippen LogP contribution in [-0.4, -0.2) is 11.3 Å². The molecule has 1 aliphatic rings. The molecule has 1 unspecified atom stereocenters. The van der Waals surface area contributed by atoms with Crippen LogP contribution in [0.3, 0.4) is 0 Å². The fraction of sp³-hybridized carbons (Fsp3) is 0.333. The van der Waals surface area contributed by atoms with Crippen molar-refractivity contribution in [2.45, 2.75) is 20.5 Å². The summed E-state index contributed by atoms with van der Waals surface area (Å²) in [5.41, 5.74) is -0.788. The van der Waals surface area contributed by atoms with Gasteiger partial charge in [-0.05, 0) is 12.1 Å². The molecule has 1 aromatic carbocycles. The Morgan fingerprint density at radius 1 is 1.25 bits per heavy atom. The molecule has 1 aromatic rings. The Hall–Kier alpha value is -0.0700. The van der Waals surface area contributed by atoms with E-state index in [0.29, 0.717) is 9.79 Å². The van der Waals surface area contributed by atoms with Gasteiger partial charge in [-0.15, -0.1) is 23.5 Å². The summed E-state index contributed by atoms with van der Waals surface area (Å²) in [5.74, 6) is 0. The van der Waals surface area contributed by atoms with Crippen molar-refractivity contribution in [1.29, 1.82) is 0 Å². The summed E-state index contributed by atoms with van der Waals surface area (Å²) in [6.07, 6.45) is -4.42. The predicted molar refractivity (Wildman–Crippen MR) is 57.9 cm³/mol. The number of thioether (sulfide) groups is 2. The van der Waals surface area contributed by atoms with Crippen LogP contribution in [0, 0.1) is 0 Å². The van der Waals surface area contributed by atoms with Crippen LogP contribution in [0.4, 0.5) is 17.6 Å². The third kappa shape index (κ3) is 2.28. The second kappa shape index (κ2) is 4.31. The van der Waals surface area contributed by atoms with Crippen LogP contribution in [0.15, 0.2) is 21.9 Å². The molecule has 0 N–H and O–H groups in total. The molecule has 1 heterocycles. The zero-order chi connectivity index (χ0) is 11.9. The summed E-state index contributed by atoms with van der Waals surface area (Å²) < 4.78 is 49.4. The van der Waals surface area contributed by atoms with Crippen molar-refractivity contribution in [1.82, 2.24) is 0 Å². The monoisotopic (exact) mass is 288 g/mol. The van der Waals surface area contributed by atoms with E-state index < -0.39 is 23.0 Å². The van der Waals surface area contributed by atoms with Crippen molar-refractivity contribution >= 4 is 35.1 Å². The fourth-order valence-corrected chi connectivity index (χ4v) is 4.21. The van der Waals surface area contributed by atoms with Crippen LogP contribution in [-0.2, 0) is 6.18 Å². The van der Waals surface area contributed by atoms with Gasteiger partial charge < -0.3 is 0 Å². The molecule has 1 atom stereocenters. The fourth-order valence-electron chi connectivity index (χ4n) is 1.29. The van der Waals surface area contributed by atoms with Gasteiger partial charge in [0.1, 0.15) is 6.67 Å². The predicted octanol–water partition coefficient (Wildman–Crippen LogP) is 4.85. The number of rotatable bonds is 1. The van der Waals surface area contributed by atoms with Crippen molar-refractivity contribution in [3.8, 4) is 0 Å². The molecule has 0 aliphatic carbocycles. The van der Waals surface area contributed by atoms with Crippen LogP contribution in [0.5, 0.6) is 0 Å². The molecule has 16 heavy (non-hydrogen) atoms. The van der Waals surface area contributed by atoms with Gasteiger partial charge in [0, 0.05) is 9.79 Å². The van der Waals surface area contributed by atoms with E-state index in [1.54, 1.807) is 0 Å². The van der Waals surface area contributed by atoms with E-state index in [1.165, 1.54) is 11.8 Å². The largest absolute Gasteiger partial charge is 0.416 e. The molecule has 0 bridgehead atoms. The molecule has 88 valence electrons. The van der Waals surface area contributed by atoms with Gasteiger partial charge in [-0.3, -0.25) is 0 Å². The SMILES string of the molecule is FCC1Sc2cc(C(F)(F)F)cc(Cl)c2S1. The van der Waals surface area contributed by atoms with Crippen molar-refractivity contribution in [3.63, 3.8) is 0 Å².